The van der Waals surface area contributed by atoms with Crippen LogP contribution in [0.4, 0.5) is 20.2 Å². The molecule has 0 aliphatic carbocycles. The molecule has 1 saturated heterocycles. The Hall–Kier alpha value is -1.57. The first kappa shape index (κ1) is 27.7. The zero-order valence-corrected chi connectivity index (χ0v) is 22.1. The molecule has 11 heteroatoms. The van der Waals surface area contributed by atoms with Crippen molar-refractivity contribution in [3.63, 3.8) is 0 Å². The zero-order valence-electron chi connectivity index (χ0n) is 19.8. The van der Waals surface area contributed by atoms with Crippen LogP contribution in [0.1, 0.15) is 20.3 Å². The molecule has 1 aliphatic rings. The van der Waals surface area contributed by atoms with Crippen LogP contribution in [-0.4, -0.2) is 78.1 Å². The Kier molecular flexibility index (Phi) is 10.3. The van der Waals surface area contributed by atoms with Crippen molar-refractivity contribution in [2.75, 3.05) is 37.8 Å². The van der Waals surface area contributed by atoms with E-state index in [0.29, 0.717) is 12.1 Å². The molecule has 6 nitrogen and oxygen atoms in total. The van der Waals surface area contributed by atoms with E-state index in [4.69, 9.17) is 10.2 Å². The summed E-state index contributed by atoms with van der Waals surface area (Å²) in [5.74, 6) is -0.604. The van der Waals surface area contributed by atoms with Crippen LogP contribution in [0.15, 0.2) is 42.5 Å². The fourth-order valence-corrected chi connectivity index (χ4v) is 4.92. The van der Waals surface area contributed by atoms with Crippen molar-refractivity contribution in [3.05, 3.63) is 60.2 Å². The minimum absolute atomic E-state index is 0.101. The maximum atomic E-state index is 13.9. The van der Waals surface area contributed by atoms with Gasteiger partial charge in [-0.2, -0.15) is 0 Å². The van der Waals surface area contributed by atoms with E-state index >= 15 is 0 Å². The topological polar surface area (TPSA) is 53.4 Å². The number of hydrogen-bond donors (Lipinski definition) is 2. The second-order valence-electron chi connectivity index (χ2n) is 8.54. The van der Waals surface area contributed by atoms with Crippen molar-refractivity contribution in [1.29, 1.82) is 0 Å². The Labute approximate surface area is 207 Å². The Bertz CT molecular complexity index is 865. The number of rotatable bonds is 6. The third kappa shape index (κ3) is 7.20. The molecule has 2 aromatic rings. The average molecular weight is 638 g/mol. The van der Waals surface area contributed by atoms with E-state index in [1.807, 2.05) is 39.1 Å². The summed E-state index contributed by atoms with van der Waals surface area (Å²) in [4.78, 5) is 8.24. The molecule has 0 radical (unpaired) electrons. The van der Waals surface area contributed by atoms with Crippen molar-refractivity contribution in [3.8, 4) is 0 Å². The summed E-state index contributed by atoms with van der Waals surface area (Å²) in [6.45, 7) is 3.11. The van der Waals surface area contributed by atoms with E-state index in [0.717, 1.165) is 9.83 Å². The van der Waals surface area contributed by atoms with E-state index in [-0.39, 0.29) is 37.6 Å². The van der Waals surface area contributed by atoms with Crippen LogP contribution in [0.25, 0.3) is 0 Å². The van der Waals surface area contributed by atoms with Gasteiger partial charge in [0.25, 0.3) is 0 Å². The maximum absolute atomic E-state index is 13.9. The van der Waals surface area contributed by atoms with Gasteiger partial charge >= 0.3 is 165 Å². The summed E-state index contributed by atoms with van der Waals surface area (Å²) in [5, 5.41) is 17.1. The average Bonchev–Trinajstić information content (AvgIpc) is 3.01. The standard InChI is InChI=1S/C17H19B2F2N4.C5H12O2.Pt/c1-22(2)18-19(23(3)4)25(17-10-6-8-15(21)12-17)13-24(18)16-9-5-7-14(20)11-16;1-4(6)3-5(2)7;/h5-9,11-12H,1-4H3;4-7H,3H2,1-2H3;/q-1;;. The fraction of sp³-hybridized carbons (Fsp3) is 0.409. The second-order valence-corrected chi connectivity index (χ2v) is 9.56. The first-order chi connectivity index (χ1) is 15.4. The summed E-state index contributed by atoms with van der Waals surface area (Å²) < 4.78 is 28.6. The minimum atomic E-state index is -0.375. The molecule has 1 heterocycles. The van der Waals surface area contributed by atoms with E-state index in [9.17, 15) is 8.78 Å². The molecule has 2 aromatic carbocycles. The molecule has 0 aromatic heterocycles. The summed E-state index contributed by atoms with van der Waals surface area (Å²) in [7, 11) is 7.92. The summed E-state index contributed by atoms with van der Waals surface area (Å²) in [6, 6.07) is 14.1. The van der Waals surface area contributed by atoms with E-state index in [1.54, 1.807) is 26.0 Å². The molecule has 33 heavy (non-hydrogen) atoms. The molecular weight excluding hydrogens is 607 g/mol. The Morgan fingerprint density at radius 2 is 1.48 bits per heavy atom. The molecule has 0 spiro atoms. The molecule has 0 amide bonds. The molecule has 0 bridgehead atoms. The predicted molar refractivity (Wildman–Crippen MR) is 128 cm³/mol. The van der Waals surface area contributed by atoms with Crippen molar-refractivity contribution in [2.45, 2.75) is 32.5 Å². The molecule has 2 unspecified atom stereocenters. The van der Waals surface area contributed by atoms with Gasteiger partial charge in [0.2, 0.25) is 0 Å². The van der Waals surface area contributed by atoms with Gasteiger partial charge in [0.05, 0.1) is 12.2 Å². The SMILES string of the molecule is CC(O)CC(C)O.CN(C)B1B(N(C)C)N(c2cccc(F)c2)[C](=[Pt])N1c1[c-]ccc(F)c1. The van der Waals surface area contributed by atoms with Gasteiger partial charge in [0, 0.05) is 0 Å². The molecule has 3 rings (SSSR count). The van der Waals surface area contributed by atoms with Gasteiger partial charge in [-0.15, -0.1) is 0 Å². The summed E-state index contributed by atoms with van der Waals surface area (Å²) in [5.41, 5.74) is 1.39. The first-order valence-corrected chi connectivity index (χ1v) is 11.8. The molecule has 1 fully saturated rings. The van der Waals surface area contributed by atoms with Crippen LogP contribution in [-0.2, 0) is 19.4 Å². The van der Waals surface area contributed by atoms with Crippen LogP contribution >= 0.6 is 0 Å². The van der Waals surface area contributed by atoms with Crippen LogP contribution < -0.4 is 9.62 Å². The van der Waals surface area contributed by atoms with Crippen molar-refractivity contribution >= 4 is 29.3 Å². The van der Waals surface area contributed by atoms with Crippen molar-refractivity contribution in [2.24, 2.45) is 0 Å². The molecule has 0 saturated carbocycles. The Morgan fingerprint density at radius 1 is 0.939 bits per heavy atom. The number of aliphatic hydroxyl groups is 2. The number of halogens is 2. The number of aliphatic hydroxyl groups excluding tert-OH is 2. The fourth-order valence-electron chi connectivity index (χ4n) is 3.75. The summed E-state index contributed by atoms with van der Waals surface area (Å²) >= 11 is 2.21. The monoisotopic (exact) mass is 638 g/mol. The van der Waals surface area contributed by atoms with Gasteiger partial charge in [0.15, 0.2) is 0 Å². The first-order valence-electron chi connectivity index (χ1n) is 10.6. The van der Waals surface area contributed by atoms with Crippen LogP contribution in [0, 0.1) is 17.7 Å². The van der Waals surface area contributed by atoms with Crippen LogP contribution in [0.2, 0.25) is 0 Å². The van der Waals surface area contributed by atoms with Gasteiger partial charge < -0.3 is 10.2 Å². The number of benzene rings is 2. The zero-order chi connectivity index (χ0) is 24.9. The molecule has 182 valence electrons. The predicted octanol–water partition coefficient (Wildman–Crippen LogP) is 2.04. The van der Waals surface area contributed by atoms with Gasteiger partial charge in [-0.05, 0) is 20.3 Å². The Balaban J connectivity index is 0.000000479. The molecule has 1 aliphatic heterocycles. The normalized spacial score (nSPS) is 15.9. The van der Waals surface area contributed by atoms with Crippen molar-refractivity contribution < 1.29 is 38.3 Å². The van der Waals surface area contributed by atoms with Crippen LogP contribution in [0.5, 0.6) is 0 Å². The number of hydrogen-bond acceptors (Lipinski definition) is 6. The van der Waals surface area contributed by atoms with Gasteiger partial charge in [-0.1, -0.05) is 0 Å². The molecular formula is C22H31B2F2N4O2Pt-. The van der Waals surface area contributed by atoms with Crippen LogP contribution in [0.3, 0.4) is 0 Å². The van der Waals surface area contributed by atoms with Gasteiger partial charge in [-0.3, -0.25) is 0 Å². The van der Waals surface area contributed by atoms with Gasteiger partial charge in [0.1, 0.15) is 0 Å². The molecule has 2 atom stereocenters. The number of anilines is 2. The quantitative estimate of drug-likeness (QED) is 0.374. The van der Waals surface area contributed by atoms with Crippen molar-refractivity contribution in [1.82, 2.24) is 9.62 Å². The van der Waals surface area contributed by atoms with E-state index in [1.165, 1.54) is 24.3 Å². The Morgan fingerprint density at radius 3 is 1.94 bits per heavy atom. The van der Waals surface area contributed by atoms with E-state index in [2.05, 4.69) is 39.9 Å². The third-order valence-corrected chi connectivity index (χ3v) is 6.09. The third-order valence-electron chi connectivity index (χ3n) is 5.00. The molecule has 2 N–H and O–H groups in total. The number of nitrogens with zero attached hydrogens (tertiary/aromatic N) is 4. The second kappa shape index (κ2) is 12.2. The summed E-state index contributed by atoms with van der Waals surface area (Å²) in [6.07, 6.45) is -0.278. The van der Waals surface area contributed by atoms with E-state index < -0.39 is 0 Å². The van der Waals surface area contributed by atoms with Gasteiger partial charge in [-0.25, -0.2) is 0 Å².